The fraction of sp³-hybridized carbons (Fsp3) is 0.179. The van der Waals surface area contributed by atoms with Crippen molar-refractivity contribution in [2.24, 2.45) is 0 Å². The van der Waals surface area contributed by atoms with Crippen molar-refractivity contribution in [1.29, 1.82) is 0 Å². The lowest BCUT2D eigenvalue weighted by Crippen LogP contribution is -2.45. The maximum Gasteiger partial charge on any atom is 0.258 e. The van der Waals surface area contributed by atoms with Gasteiger partial charge in [0.15, 0.2) is 5.11 Å². The number of nitrogens with one attached hydrogen (secondary N) is 1. The highest BCUT2D eigenvalue weighted by Gasteiger charge is 2.34. The molecule has 1 aliphatic heterocycles. The molecule has 1 aliphatic rings. The molecule has 35 heavy (non-hydrogen) atoms. The summed E-state index contributed by atoms with van der Waals surface area (Å²) in [5, 5.41) is 8.44. The highest BCUT2D eigenvalue weighted by atomic mass is 32.1. The number of nitrogens with zero attached hydrogens (tertiary/aromatic N) is 3. The van der Waals surface area contributed by atoms with E-state index in [4.69, 9.17) is 26.5 Å². The van der Waals surface area contributed by atoms with Gasteiger partial charge >= 0.3 is 0 Å². The van der Waals surface area contributed by atoms with E-state index in [1.54, 1.807) is 7.11 Å². The molecule has 0 spiro atoms. The number of benzene rings is 3. The average Bonchev–Trinajstić information content (AvgIpc) is 3.37. The lowest BCUT2D eigenvalue weighted by molar-refractivity contribution is 0.395. The quantitative estimate of drug-likeness (QED) is 0.343. The Hall–Kier alpha value is -3.97. The van der Waals surface area contributed by atoms with Crippen LogP contribution in [0.3, 0.4) is 0 Å². The fourth-order valence-corrected chi connectivity index (χ4v) is 4.56. The van der Waals surface area contributed by atoms with Gasteiger partial charge in [0.1, 0.15) is 5.75 Å². The molecule has 0 amide bonds. The van der Waals surface area contributed by atoms with Gasteiger partial charge in [-0.05, 0) is 49.3 Å². The molecule has 0 saturated heterocycles. The third-order valence-electron chi connectivity index (χ3n) is 6.17. The van der Waals surface area contributed by atoms with Crippen molar-refractivity contribution in [3.8, 4) is 17.1 Å². The van der Waals surface area contributed by atoms with Crippen molar-refractivity contribution in [3.05, 3.63) is 107 Å². The predicted octanol–water partition coefficient (Wildman–Crippen LogP) is 5.92. The summed E-state index contributed by atoms with van der Waals surface area (Å²) in [5.74, 6) is 1.77. The van der Waals surface area contributed by atoms with E-state index in [1.165, 1.54) is 5.56 Å². The summed E-state index contributed by atoms with van der Waals surface area (Å²) in [6.07, 6.45) is 0. The van der Waals surface area contributed by atoms with Crippen LogP contribution in [0.4, 0.5) is 0 Å². The summed E-state index contributed by atoms with van der Waals surface area (Å²) < 4.78 is 11.3. The molecule has 7 heteroatoms. The van der Waals surface area contributed by atoms with Crippen LogP contribution in [-0.4, -0.2) is 27.3 Å². The zero-order chi connectivity index (χ0) is 24.4. The van der Waals surface area contributed by atoms with Crippen LogP contribution in [0.25, 0.3) is 17.0 Å². The number of rotatable bonds is 6. The van der Waals surface area contributed by atoms with Crippen LogP contribution in [0.2, 0.25) is 0 Å². The van der Waals surface area contributed by atoms with E-state index in [1.807, 2.05) is 73.7 Å². The van der Waals surface area contributed by atoms with Gasteiger partial charge < -0.3 is 19.5 Å². The molecule has 2 heterocycles. The Kier molecular flexibility index (Phi) is 6.33. The monoisotopic (exact) mass is 482 g/mol. The Morgan fingerprint density at radius 3 is 2.51 bits per heavy atom. The number of ether oxygens (including phenoxy) is 1. The lowest BCUT2D eigenvalue weighted by atomic mass is 9.94. The number of hydrogen-bond donors (Lipinski definition) is 1. The Morgan fingerprint density at radius 1 is 1.00 bits per heavy atom. The fourth-order valence-electron chi connectivity index (χ4n) is 4.24. The highest BCUT2D eigenvalue weighted by Crippen LogP contribution is 2.38. The first kappa shape index (κ1) is 22.8. The second-order valence-corrected chi connectivity index (χ2v) is 8.91. The number of aromatic nitrogens is 2. The van der Waals surface area contributed by atoms with E-state index in [-0.39, 0.29) is 6.04 Å². The number of thiocarbonyl (C=S) groups is 1. The molecule has 0 saturated carbocycles. The Labute approximate surface area is 210 Å². The molecule has 5 rings (SSSR count). The number of hydrogen-bond acceptors (Lipinski definition) is 5. The van der Waals surface area contributed by atoms with Crippen molar-refractivity contribution in [3.63, 3.8) is 0 Å². The van der Waals surface area contributed by atoms with Crippen LogP contribution in [0.15, 0.2) is 89.1 Å². The van der Waals surface area contributed by atoms with Crippen LogP contribution in [0, 0.1) is 6.92 Å². The van der Waals surface area contributed by atoms with E-state index in [9.17, 15) is 0 Å². The molecule has 0 aliphatic carbocycles. The summed E-state index contributed by atoms with van der Waals surface area (Å²) >= 11 is 5.82. The normalized spacial score (nSPS) is 15.8. The second kappa shape index (κ2) is 9.72. The van der Waals surface area contributed by atoms with Gasteiger partial charge in [-0.3, -0.25) is 0 Å². The molecule has 3 aromatic carbocycles. The topological polar surface area (TPSA) is 63.4 Å². The van der Waals surface area contributed by atoms with E-state index in [2.05, 4.69) is 34.4 Å². The average molecular weight is 483 g/mol. The maximum absolute atomic E-state index is 5.84. The molecule has 0 bridgehead atoms. The minimum absolute atomic E-state index is 0.268. The third-order valence-corrected chi connectivity index (χ3v) is 6.51. The van der Waals surface area contributed by atoms with Gasteiger partial charge in [0.05, 0.1) is 18.7 Å². The molecule has 0 radical (unpaired) electrons. The second-order valence-electron chi connectivity index (χ2n) is 8.52. The van der Waals surface area contributed by atoms with Crippen molar-refractivity contribution in [1.82, 2.24) is 20.4 Å². The van der Waals surface area contributed by atoms with Gasteiger partial charge in [-0.15, -0.1) is 0 Å². The Balaban J connectivity index is 1.60. The molecule has 176 valence electrons. The molecule has 6 nitrogen and oxygen atoms in total. The van der Waals surface area contributed by atoms with Crippen LogP contribution in [0.1, 0.15) is 35.5 Å². The van der Waals surface area contributed by atoms with Gasteiger partial charge in [0.25, 0.3) is 5.89 Å². The zero-order valence-corrected chi connectivity index (χ0v) is 20.7. The summed E-state index contributed by atoms with van der Waals surface area (Å²) in [7, 11) is 1.66. The first-order chi connectivity index (χ1) is 17.0. The Bertz CT molecular complexity index is 1380. The van der Waals surface area contributed by atoms with Gasteiger partial charge in [-0.2, -0.15) is 4.98 Å². The van der Waals surface area contributed by atoms with Crippen LogP contribution in [-0.2, 0) is 6.54 Å². The van der Waals surface area contributed by atoms with Crippen molar-refractivity contribution < 1.29 is 9.26 Å². The first-order valence-corrected chi connectivity index (χ1v) is 11.8. The lowest BCUT2D eigenvalue weighted by Gasteiger charge is -2.37. The molecule has 4 aromatic rings. The third kappa shape index (κ3) is 4.68. The summed E-state index contributed by atoms with van der Waals surface area (Å²) in [6, 6.07) is 26.0. The molecule has 0 fully saturated rings. The maximum atomic E-state index is 5.84. The van der Waals surface area contributed by atoms with E-state index >= 15 is 0 Å². The minimum Gasteiger partial charge on any atom is -0.497 e. The summed E-state index contributed by atoms with van der Waals surface area (Å²) in [5.41, 5.74) is 6.08. The molecular weight excluding hydrogens is 456 g/mol. The number of methoxy groups -OCH3 is 1. The predicted molar refractivity (Wildman–Crippen MR) is 141 cm³/mol. The number of allylic oxidation sites excluding steroid dienone is 1. The van der Waals surface area contributed by atoms with E-state index in [0.717, 1.165) is 33.7 Å². The molecular formula is C28H26N4O2S. The van der Waals surface area contributed by atoms with E-state index in [0.29, 0.717) is 23.4 Å². The van der Waals surface area contributed by atoms with Crippen LogP contribution < -0.4 is 10.1 Å². The van der Waals surface area contributed by atoms with Gasteiger partial charge in [-0.1, -0.05) is 77.5 Å². The molecule has 1 unspecified atom stereocenters. The smallest absolute Gasteiger partial charge is 0.258 e. The highest BCUT2D eigenvalue weighted by molar-refractivity contribution is 7.80. The zero-order valence-electron chi connectivity index (χ0n) is 19.9. The van der Waals surface area contributed by atoms with Gasteiger partial charge in [0, 0.05) is 17.8 Å². The molecule has 1 atom stereocenters. The molecule has 1 N–H and O–H groups in total. The van der Waals surface area contributed by atoms with Crippen molar-refractivity contribution in [2.75, 3.05) is 7.11 Å². The summed E-state index contributed by atoms with van der Waals surface area (Å²) in [4.78, 5) is 6.87. The van der Waals surface area contributed by atoms with Crippen molar-refractivity contribution in [2.45, 2.75) is 26.4 Å². The summed E-state index contributed by atoms with van der Waals surface area (Å²) in [6.45, 7) is 4.73. The van der Waals surface area contributed by atoms with Crippen molar-refractivity contribution >= 4 is 22.9 Å². The first-order valence-electron chi connectivity index (χ1n) is 11.4. The number of aryl methyl sites for hydroxylation is 1. The minimum atomic E-state index is -0.268. The largest absolute Gasteiger partial charge is 0.497 e. The SMILES string of the molecule is COc1cccc(C2NC(=S)N(Cc3ccccc3)C(C)=C2c2nc(-c3ccc(C)cc3)no2)c1. The van der Waals surface area contributed by atoms with Crippen LogP contribution >= 0.6 is 12.2 Å². The Morgan fingerprint density at radius 2 is 1.77 bits per heavy atom. The van der Waals surface area contributed by atoms with Gasteiger partial charge in [0.2, 0.25) is 5.82 Å². The van der Waals surface area contributed by atoms with E-state index < -0.39 is 0 Å². The standard InChI is InChI=1S/C28H26N4O2S/c1-18-12-14-21(15-13-18)26-30-27(34-31-26)24-19(2)32(17-20-8-5-4-6-9-20)28(35)29-25(24)22-10-7-11-23(16-22)33-3/h4-16,25H,17H2,1-3H3,(H,29,35). The molecule has 1 aromatic heterocycles. The van der Waals surface area contributed by atoms with Crippen LogP contribution in [0.5, 0.6) is 5.75 Å². The van der Waals surface area contributed by atoms with Gasteiger partial charge in [-0.25, -0.2) is 0 Å².